The summed E-state index contributed by atoms with van der Waals surface area (Å²) in [5.41, 5.74) is 0.641. The van der Waals surface area contributed by atoms with E-state index < -0.39 is 5.66 Å². The van der Waals surface area contributed by atoms with Crippen molar-refractivity contribution in [2.75, 3.05) is 44.7 Å². The van der Waals surface area contributed by atoms with Crippen LogP contribution in [0.1, 0.15) is 49.4 Å². The second-order valence-electron chi connectivity index (χ2n) is 8.56. The van der Waals surface area contributed by atoms with Gasteiger partial charge >= 0.3 is 0 Å². The van der Waals surface area contributed by atoms with E-state index in [0.717, 1.165) is 32.6 Å². The van der Waals surface area contributed by atoms with E-state index in [0.29, 0.717) is 43.5 Å². The van der Waals surface area contributed by atoms with Gasteiger partial charge in [0, 0.05) is 39.0 Å². The molecule has 0 saturated carbocycles. The summed E-state index contributed by atoms with van der Waals surface area (Å²) in [6.07, 6.45) is 3.10. The maximum atomic E-state index is 13.2. The molecule has 7 heteroatoms. The summed E-state index contributed by atoms with van der Waals surface area (Å²) >= 11 is 0. The Bertz CT molecular complexity index is 826. The maximum absolute atomic E-state index is 13.2. The van der Waals surface area contributed by atoms with Gasteiger partial charge in [0.25, 0.3) is 5.91 Å². The van der Waals surface area contributed by atoms with Crippen LogP contribution in [-0.2, 0) is 9.59 Å². The Morgan fingerprint density at radius 1 is 1.10 bits per heavy atom. The number of para-hydroxylation sites is 1. The van der Waals surface area contributed by atoms with Gasteiger partial charge in [-0.2, -0.15) is 0 Å². The third kappa shape index (κ3) is 3.52. The van der Waals surface area contributed by atoms with E-state index >= 15 is 0 Å². The summed E-state index contributed by atoms with van der Waals surface area (Å²) < 4.78 is 0. The number of hydrogen-bond acceptors (Lipinski definition) is 4. The topological polar surface area (TPSA) is 64.2 Å². The van der Waals surface area contributed by atoms with Crippen molar-refractivity contribution in [1.29, 1.82) is 0 Å². The molecule has 0 bridgehead atoms. The molecule has 3 aliphatic rings. The van der Waals surface area contributed by atoms with Gasteiger partial charge in [0.15, 0.2) is 0 Å². The molecule has 0 aliphatic carbocycles. The van der Waals surface area contributed by atoms with Gasteiger partial charge in [-0.15, -0.1) is 0 Å². The van der Waals surface area contributed by atoms with Crippen LogP contribution in [0.15, 0.2) is 24.3 Å². The molecule has 3 amide bonds. The minimum Gasteiger partial charge on any atom is -0.341 e. The molecule has 3 heterocycles. The van der Waals surface area contributed by atoms with Crippen molar-refractivity contribution in [3.63, 3.8) is 0 Å². The first-order chi connectivity index (χ1) is 13.9. The lowest BCUT2D eigenvalue weighted by molar-refractivity contribution is -0.131. The molecule has 1 aromatic rings. The van der Waals surface area contributed by atoms with Crippen LogP contribution in [0.25, 0.3) is 0 Å². The fourth-order valence-corrected chi connectivity index (χ4v) is 4.88. The van der Waals surface area contributed by atoms with E-state index in [2.05, 4.69) is 11.9 Å². The van der Waals surface area contributed by atoms with E-state index in [1.807, 2.05) is 34.9 Å². The fraction of sp³-hybridized carbons (Fsp3) is 0.591. The second kappa shape index (κ2) is 7.78. The maximum Gasteiger partial charge on any atom is 0.257 e. The van der Waals surface area contributed by atoms with Crippen LogP contribution >= 0.6 is 0 Å². The Labute approximate surface area is 172 Å². The molecule has 0 radical (unpaired) electrons. The molecule has 1 aromatic carbocycles. The van der Waals surface area contributed by atoms with E-state index in [1.54, 1.807) is 11.0 Å². The van der Waals surface area contributed by atoms with Gasteiger partial charge in [-0.1, -0.05) is 12.1 Å². The van der Waals surface area contributed by atoms with Crippen molar-refractivity contribution in [2.24, 2.45) is 0 Å². The average molecular weight is 399 g/mol. The van der Waals surface area contributed by atoms with Gasteiger partial charge < -0.3 is 14.7 Å². The average Bonchev–Trinajstić information content (AvgIpc) is 2.87. The number of benzene rings is 1. The van der Waals surface area contributed by atoms with Crippen molar-refractivity contribution < 1.29 is 14.4 Å². The summed E-state index contributed by atoms with van der Waals surface area (Å²) in [6.45, 7) is 5.95. The molecule has 3 aliphatic heterocycles. The van der Waals surface area contributed by atoms with E-state index in [4.69, 9.17) is 0 Å². The number of likely N-dealkylation sites (N-methyl/N-ethyl adjacent to an activating group) is 1. The van der Waals surface area contributed by atoms with Crippen molar-refractivity contribution in [2.45, 2.75) is 44.7 Å². The summed E-state index contributed by atoms with van der Waals surface area (Å²) in [6, 6.07) is 7.34. The van der Waals surface area contributed by atoms with Crippen molar-refractivity contribution in [1.82, 2.24) is 14.7 Å². The highest BCUT2D eigenvalue weighted by atomic mass is 16.2. The van der Waals surface area contributed by atoms with Crippen LogP contribution < -0.4 is 4.90 Å². The van der Waals surface area contributed by atoms with Gasteiger partial charge in [0.1, 0.15) is 5.66 Å². The van der Waals surface area contributed by atoms with Gasteiger partial charge in [-0.25, -0.2) is 0 Å². The molecule has 29 heavy (non-hydrogen) atoms. The standard InChI is InChI=1S/C22H30N4O3/c1-22-11-10-20(28)26(22)18-8-4-3-7-17(18)21(29)25(22)14-5-9-19(27)24-13-6-12-23(2)15-16-24/h3-4,7-8H,5-6,9-16H2,1-2H3. The Morgan fingerprint density at radius 3 is 2.72 bits per heavy atom. The molecule has 0 N–H and O–H groups in total. The van der Waals surface area contributed by atoms with Crippen LogP contribution in [0.3, 0.4) is 0 Å². The molecule has 1 unspecified atom stereocenters. The number of nitrogens with zero attached hydrogens (tertiary/aromatic N) is 4. The first-order valence-corrected chi connectivity index (χ1v) is 10.6. The highest BCUT2D eigenvalue weighted by molar-refractivity contribution is 6.10. The lowest BCUT2D eigenvalue weighted by Crippen LogP contribution is -2.62. The van der Waals surface area contributed by atoms with E-state index in [-0.39, 0.29) is 17.7 Å². The number of carbonyl (C=O) groups excluding carboxylic acids is 3. The number of hydrogen-bond donors (Lipinski definition) is 0. The third-order valence-corrected chi connectivity index (χ3v) is 6.59. The molecular formula is C22H30N4O3. The Balaban J connectivity index is 1.45. The molecule has 156 valence electrons. The zero-order valence-electron chi connectivity index (χ0n) is 17.4. The number of carbonyl (C=O) groups is 3. The van der Waals surface area contributed by atoms with Crippen LogP contribution in [0, 0.1) is 0 Å². The molecular weight excluding hydrogens is 368 g/mol. The fourth-order valence-electron chi connectivity index (χ4n) is 4.88. The van der Waals surface area contributed by atoms with Crippen molar-refractivity contribution >= 4 is 23.4 Å². The van der Waals surface area contributed by atoms with Gasteiger partial charge in [-0.3, -0.25) is 19.3 Å². The zero-order valence-corrected chi connectivity index (χ0v) is 17.4. The molecule has 0 aromatic heterocycles. The van der Waals surface area contributed by atoms with Gasteiger partial charge in [-0.05, 0) is 51.9 Å². The normalized spacial score (nSPS) is 25.1. The monoisotopic (exact) mass is 398 g/mol. The Morgan fingerprint density at radius 2 is 1.90 bits per heavy atom. The van der Waals surface area contributed by atoms with E-state index in [9.17, 15) is 14.4 Å². The van der Waals surface area contributed by atoms with Crippen molar-refractivity contribution in [3.05, 3.63) is 29.8 Å². The highest BCUT2D eigenvalue weighted by Crippen LogP contribution is 2.44. The quantitative estimate of drug-likeness (QED) is 0.778. The van der Waals surface area contributed by atoms with Crippen molar-refractivity contribution in [3.8, 4) is 0 Å². The van der Waals surface area contributed by atoms with E-state index in [1.165, 1.54) is 0 Å². The minimum atomic E-state index is -0.642. The van der Waals surface area contributed by atoms with Crippen LogP contribution in [0.2, 0.25) is 0 Å². The lowest BCUT2D eigenvalue weighted by atomic mass is 9.98. The van der Waals surface area contributed by atoms with Crippen LogP contribution in [0.4, 0.5) is 5.69 Å². The number of rotatable bonds is 4. The second-order valence-corrected chi connectivity index (χ2v) is 8.56. The summed E-state index contributed by atoms with van der Waals surface area (Å²) in [4.78, 5) is 46.3. The Hall–Kier alpha value is -2.41. The molecule has 2 fully saturated rings. The first kappa shape index (κ1) is 19.9. The minimum absolute atomic E-state index is 0.0436. The number of fused-ring (bicyclic) bond motifs is 3. The molecule has 1 atom stereocenters. The first-order valence-electron chi connectivity index (χ1n) is 10.6. The molecule has 2 saturated heterocycles. The summed E-state index contributed by atoms with van der Waals surface area (Å²) in [5, 5.41) is 0. The third-order valence-electron chi connectivity index (χ3n) is 6.59. The molecule has 4 rings (SSSR count). The van der Waals surface area contributed by atoms with Gasteiger partial charge in [0.2, 0.25) is 11.8 Å². The van der Waals surface area contributed by atoms with Crippen LogP contribution in [-0.4, -0.2) is 77.9 Å². The number of anilines is 1. The smallest absolute Gasteiger partial charge is 0.257 e. The lowest BCUT2D eigenvalue weighted by Gasteiger charge is -2.48. The van der Waals surface area contributed by atoms with Crippen LogP contribution in [0.5, 0.6) is 0 Å². The largest absolute Gasteiger partial charge is 0.341 e. The summed E-state index contributed by atoms with van der Waals surface area (Å²) in [5.74, 6) is 0.176. The molecule has 0 spiro atoms. The summed E-state index contributed by atoms with van der Waals surface area (Å²) in [7, 11) is 2.09. The van der Waals surface area contributed by atoms with Gasteiger partial charge in [0.05, 0.1) is 11.3 Å². The predicted molar refractivity (Wildman–Crippen MR) is 111 cm³/mol. The highest BCUT2D eigenvalue weighted by Gasteiger charge is 2.52. The molecule has 7 nitrogen and oxygen atoms in total. The zero-order chi connectivity index (χ0) is 20.6. The SMILES string of the molecule is CN1CCCN(C(=O)CCCN2C(=O)c3ccccc3N3C(=O)CCC23C)CC1. The predicted octanol–water partition coefficient (Wildman–Crippen LogP) is 1.93. The Kier molecular flexibility index (Phi) is 5.34. The number of amides is 3.